The summed E-state index contributed by atoms with van der Waals surface area (Å²) >= 11 is 11.8. The van der Waals surface area contributed by atoms with Crippen LogP contribution in [0, 0.1) is 0 Å². The predicted molar refractivity (Wildman–Crippen MR) is 82.1 cm³/mol. The van der Waals surface area contributed by atoms with Gasteiger partial charge >= 0.3 is 0 Å². The Morgan fingerprint density at radius 1 is 1.22 bits per heavy atom. The van der Waals surface area contributed by atoms with Gasteiger partial charge in [-0.25, -0.2) is 0 Å². The first kappa shape index (κ1) is 16.0. The van der Waals surface area contributed by atoms with Crippen molar-refractivity contribution in [3.8, 4) is 0 Å². The van der Waals surface area contributed by atoms with Crippen LogP contribution in [0.2, 0.25) is 24.7 Å². The van der Waals surface area contributed by atoms with E-state index in [1.165, 1.54) is 5.56 Å². The van der Waals surface area contributed by atoms with Crippen LogP contribution >= 0.6 is 23.2 Å². The molecule has 102 valence electrons. The maximum Gasteiger partial charge on any atom is 0.184 e. The number of alkyl halides is 1. The van der Waals surface area contributed by atoms with E-state index in [1.807, 2.05) is 24.3 Å². The zero-order valence-corrected chi connectivity index (χ0v) is 13.7. The van der Waals surface area contributed by atoms with Gasteiger partial charge in [0.25, 0.3) is 0 Å². The van der Waals surface area contributed by atoms with Crippen LogP contribution in [0.15, 0.2) is 24.3 Å². The van der Waals surface area contributed by atoms with E-state index in [0.29, 0.717) is 5.88 Å². The zero-order valence-electron chi connectivity index (χ0n) is 11.2. The third kappa shape index (κ3) is 6.76. The number of nitrogens with one attached hydrogen (secondary N) is 1. The first-order valence-corrected chi connectivity index (χ1v) is 10.4. The fraction of sp³-hybridized carbons (Fsp3) is 0.538. The van der Waals surface area contributed by atoms with Crippen LogP contribution in [-0.4, -0.2) is 26.8 Å². The monoisotopic (exact) mass is 305 g/mol. The molecule has 0 saturated heterocycles. The molecule has 0 aliphatic carbocycles. The molecule has 1 N–H and O–H groups in total. The van der Waals surface area contributed by atoms with Crippen molar-refractivity contribution in [1.82, 2.24) is 5.32 Å². The maximum atomic E-state index is 5.97. The van der Waals surface area contributed by atoms with Gasteiger partial charge < -0.3 is 9.74 Å². The molecule has 0 aromatic heterocycles. The number of hydrogen-bond donors (Lipinski definition) is 1. The highest BCUT2D eigenvalue weighted by atomic mass is 35.5. The van der Waals surface area contributed by atoms with E-state index in [1.54, 1.807) is 0 Å². The van der Waals surface area contributed by atoms with Gasteiger partial charge in [-0.3, -0.25) is 0 Å². The molecule has 0 heterocycles. The van der Waals surface area contributed by atoms with E-state index in [0.717, 1.165) is 18.1 Å². The molecule has 18 heavy (non-hydrogen) atoms. The van der Waals surface area contributed by atoms with E-state index < -0.39 is 8.32 Å². The number of benzene rings is 1. The molecule has 1 aromatic carbocycles. The maximum absolute atomic E-state index is 5.97. The molecule has 0 fully saturated rings. The standard InChI is InChI=1S/C13H21Cl2NOSi/c1-18(2,3)17-13(8-14)10-16-9-11-4-6-12(15)7-5-11/h4-7,13,16H,8-10H2,1-3H3. The van der Waals surface area contributed by atoms with Gasteiger partial charge in [0.05, 0.1) is 6.10 Å². The molecule has 1 aromatic rings. The number of rotatable bonds is 7. The quantitative estimate of drug-likeness (QED) is 0.609. The van der Waals surface area contributed by atoms with Crippen molar-refractivity contribution in [3.63, 3.8) is 0 Å². The lowest BCUT2D eigenvalue weighted by Crippen LogP contribution is -2.39. The van der Waals surface area contributed by atoms with Gasteiger partial charge in [-0.05, 0) is 37.3 Å². The number of halogens is 2. The van der Waals surface area contributed by atoms with Crippen LogP contribution in [0.25, 0.3) is 0 Å². The van der Waals surface area contributed by atoms with E-state index in [4.69, 9.17) is 27.6 Å². The molecule has 0 spiro atoms. The largest absolute Gasteiger partial charge is 0.412 e. The lowest BCUT2D eigenvalue weighted by molar-refractivity contribution is 0.212. The molecule has 0 amide bonds. The van der Waals surface area contributed by atoms with Gasteiger partial charge in [-0.1, -0.05) is 23.7 Å². The second-order valence-electron chi connectivity index (χ2n) is 5.26. The molecule has 0 aliphatic rings. The summed E-state index contributed by atoms with van der Waals surface area (Å²) in [5, 5.41) is 4.13. The summed E-state index contributed by atoms with van der Waals surface area (Å²) in [6.07, 6.45) is 0.0885. The Bertz CT molecular complexity index is 351. The average Bonchev–Trinajstić information content (AvgIpc) is 2.29. The molecule has 0 radical (unpaired) electrons. The first-order valence-electron chi connectivity index (χ1n) is 6.09. The van der Waals surface area contributed by atoms with Crippen molar-refractivity contribution in [1.29, 1.82) is 0 Å². The zero-order chi connectivity index (χ0) is 13.6. The van der Waals surface area contributed by atoms with Crippen LogP contribution in [0.5, 0.6) is 0 Å². The second-order valence-corrected chi connectivity index (χ2v) is 10.5. The third-order valence-corrected chi connectivity index (χ3v) is 3.94. The lowest BCUT2D eigenvalue weighted by atomic mass is 10.2. The van der Waals surface area contributed by atoms with Crippen LogP contribution in [-0.2, 0) is 11.0 Å². The van der Waals surface area contributed by atoms with Crippen LogP contribution in [0.4, 0.5) is 0 Å². The summed E-state index contributed by atoms with van der Waals surface area (Å²) < 4.78 is 5.97. The molecule has 5 heteroatoms. The Labute approximate surface area is 121 Å². The van der Waals surface area contributed by atoms with E-state index in [9.17, 15) is 0 Å². The molecule has 1 unspecified atom stereocenters. The molecule has 1 atom stereocenters. The predicted octanol–water partition coefficient (Wildman–Crippen LogP) is 3.89. The Morgan fingerprint density at radius 2 is 1.83 bits per heavy atom. The molecule has 0 saturated carbocycles. The summed E-state index contributed by atoms with van der Waals surface area (Å²) in [6.45, 7) is 8.10. The summed E-state index contributed by atoms with van der Waals surface area (Å²) in [7, 11) is -1.52. The highest BCUT2D eigenvalue weighted by Crippen LogP contribution is 2.10. The normalized spacial score (nSPS) is 13.6. The summed E-state index contributed by atoms with van der Waals surface area (Å²) in [5.41, 5.74) is 1.21. The average molecular weight is 306 g/mol. The molecule has 0 bridgehead atoms. The van der Waals surface area contributed by atoms with E-state index in [-0.39, 0.29) is 6.10 Å². The van der Waals surface area contributed by atoms with Gasteiger partial charge in [0.1, 0.15) is 0 Å². The first-order chi connectivity index (χ1) is 8.40. The van der Waals surface area contributed by atoms with Crippen LogP contribution < -0.4 is 5.32 Å². The van der Waals surface area contributed by atoms with Gasteiger partial charge in [0, 0.05) is 24.0 Å². The fourth-order valence-corrected chi connectivity index (χ4v) is 3.18. The summed E-state index contributed by atoms with van der Waals surface area (Å²) in [4.78, 5) is 0. The summed E-state index contributed by atoms with van der Waals surface area (Å²) in [6, 6.07) is 7.83. The Hall–Kier alpha value is -0.0631. The topological polar surface area (TPSA) is 21.3 Å². The van der Waals surface area contributed by atoms with Crippen molar-refractivity contribution in [2.45, 2.75) is 32.3 Å². The van der Waals surface area contributed by atoms with Gasteiger partial charge in [0.2, 0.25) is 0 Å². The molecule has 1 rings (SSSR count). The smallest absolute Gasteiger partial charge is 0.184 e. The van der Waals surface area contributed by atoms with Crippen molar-refractivity contribution >= 4 is 31.5 Å². The van der Waals surface area contributed by atoms with Gasteiger partial charge in [0.15, 0.2) is 8.32 Å². The van der Waals surface area contributed by atoms with Crippen LogP contribution in [0.3, 0.4) is 0 Å². The highest BCUT2D eigenvalue weighted by molar-refractivity contribution is 6.69. The summed E-state index contributed by atoms with van der Waals surface area (Å²) in [5.74, 6) is 0.526. The van der Waals surface area contributed by atoms with E-state index in [2.05, 4.69) is 25.0 Å². The van der Waals surface area contributed by atoms with Crippen molar-refractivity contribution < 1.29 is 4.43 Å². The molecule has 0 aliphatic heterocycles. The minimum absolute atomic E-state index is 0.0885. The SMILES string of the molecule is C[Si](C)(C)OC(CCl)CNCc1ccc(Cl)cc1. The molecular weight excluding hydrogens is 285 g/mol. The Balaban J connectivity index is 2.33. The third-order valence-electron chi connectivity index (χ3n) is 2.31. The fourth-order valence-electron chi connectivity index (χ4n) is 1.61. The minimum Gasteiger partial charge on any atom is -0.412 e. The molecule has 2 nitrogen and oxygen atoms in total. The van der Waals surface area contributed by atoms with Gasteiger partial charge in [-0.15, -0.1) is 11.6 Å². The van der Waals surface area contributed by atoms with Gasteiger partial charge in [-0.2, -0.15) is 0 Å². The van der Waals surface area contributed by atoms with Crippen molar-refractivity contribution in [2.24, 2.45) is 0 Å². The Morgan fingerprint density at radius 3 is 2.33 bits per heavy atom. The minimum atomic E-state index is -1.52. The highest BCUT2D eigenvalue weighted by Gasteiger charge is 2.20. The van der Waals surface area contributed by atoms with Crippen molar-refractivity contribution in [3.05, 3.63) is 34.9 Å². The lowest BCUT2D eigenvalue weighted by Gasteiger charge is -2.25. The molecular formula is C13H21Cl2NOSi. The van der Waals surface area contributed by atoms with Crippen LogP contribution in [0.1, 0.15) is 5.56 Å². The van der Waals surface area contributed by atoms with Crippen molar-refractivity contribution in [2.75, 3.05) is 12.4 Å². The Kier molecular flexibility index (Phi) is 6.67. The number of hydrogen-bond acceptors (Lipinski definition) is 2. The second kappa shape index (κ2) is 7.51. The van der Waals surface area contributed by atoms with E-state index >= 15 is 0 Å².